The van der Waals surface area contributed by atoms with Crippen molar-refractivity contribution < 1.29 is 130 Å². The van der Waals surface area contributed by atoms with E-state index in [2.05, 4.69) is 94.7 Å². The van der Waals surface area contributed by atoms with Crippen molar-refractivity contribution in [3.05, 3.63) is 120 Å². The summed E-state index contributed by atoms with van der Waals surface area (Å²) >= 11 is 1.23. The molecule has 34 N–H and O–H groups in total. The number of nitrogens with zero attached hydrogens (tertiary/aromatic N) is 2. The number of aliphatic hydroxyl groups excluding tert-OH is 2. The van der Waals surface area contributed by atoms with Crippen LogP contribution in [0.1, 0.15) is 139 Å². The molecule has 794 valence electrons. The van der Waals surface area contributed by atoms with Gasteiger partial charge in [0, 0.05) is 74.2 Å². The van der Waals surface area contributed by atoms with E-state index >= 15 is 14.4 Å². The van der Waals surface area contributed by atoms with Crippen LogP contribution in [0.25, 0.3) is 10.9 Å². The van der Waals surface area contributed by atoms with Crippen LogP contribution in [-0.4, -0.2) is 325 Å². The second-order valence-corrected chi connectivity index (χ2v) is 35.2. The Morgan fingerprint density at radius 1 is 0.507 bits per heavy atom. The van der Waals surface area contributed by atoms with Crippen LogP contribution in [0.4, 0.5) is 13.2 Å². The number of halogens is 3. The molecule has 144 heavy (non-hydrogen) atoms. The number of aromatic amines is 2. The number of hydrogen-bond acceptors (Lipinski definition) is 28. The summed E-state index contributed by atoms with van der Waals surface area (Å²) in [6.07, 6.45) is 0.934. The van der Waals surface area contributed by atoms with Crippen LogP contribution in [0.15, 0.2) is 97.6 Å². The zero-order valence-corrected chi connectivity index (χ0v) is 80.8. The van der Waals surface area contributed by atoms with Gasteiger partial charge in [-0.2, -0.15) is 24.9 Å². The summed E-state index contributed by atoms with van der Waals surface area (Å²) in [5, 5.41) is 104. The van der Waals surface area contributed by atoms with E-state index in [1.54, 1.807) is 80.9 Å². The van der Waals surface area contributed by atoms with Gasteiger partial charge in [-0.25, -0.2) is 14.6 Å². The number of carbonyl (C=O) groups is 18. The summed E-state index contributed by atoms with van der Waals surface area (Å²) in [7, 11) is 0. The molecular formula is C91H134F3N25O24S. The van der Waals surface area contributed by atoms with Crippen molar-refractivity contribution >= 4 is 135 Å². The normalized spacial score (nSPS) is 15.0. The number of nitrogens with two attached hydrogens (primary N) is 5. The predicted molar refractivity (Wildman–Crippen MR) is 516 cm³/mol. The number of unbranched alkanes of at least 4 members (excludes halogenated alkanes) is 3. The predicted octanol–water partition coefficient (Wildman–Crippen LogP) is -5.14. The Morgan fingerprint density at radius 2 is 0.958 bits per heavy atom. The van der Waals surface area contributed by atoms with Gasteiger partial charge < -0.3 is 154 Å². The molecule has 0 saturated carbocycles. The molecule has 1 aliphatic rings. The van der Waals surface area contributed by atoms with Gasteiger partial charge in [0.1, 0.15) is 90.3 Å². The molecule has 14 unspecified atom stereocenters. The molecule has 0 radical (unpaired) electrons. The number of hydrogen-bond donors (Lipinski definition) is 29. The lowest BCUT2D eigenvalue weighted by atomic mass is 10.0. The maximum absolute atomic E-state index is 15.3. The highest BCUT2D eigenvalue weighted by atomic mass is 32.2. The highest BCUT2D eigenvalue weighted by Crippen LogP contribution is 2.24. The molecule has 49 nitrogen and oxygen atoms in total. The maximum Gasteiger partial charge on any atom is 0.490 e. The number of rotatable bonds is 63. The molecule has 6 rings (SSSR count). The van der Waals surface area contributed by atoms with Crippen LogP contribution < -0.4 is 108 Å². The van der Waals surface area contributed by atoms with E-state index in [9.17, 15) is 106 Å². The van der Waals surface area contributed by atoms with Crippen LogP contribution in [0, 0.1) is 11.3 Å². The van der Waals surface area contributed by atoms with Gasteiger partial charge in [-0.05, 0) is 169 Å². The van der Waals surface area contributed by atoms with E-state index in [0.717, 1.165) is 0 Å². The first-order valence-corrected chi connectivity index (χ1v) is 48.1. The maximum atomic E-state index is 15.3. The number of fused-ring (bicyclic) bond motifs is 1. The minimum atomic E-state index is -5.08. The molecule has 1 fully saturated rings. The molecule has 0 spiro atoms. The number of carboxylic acid groups (broad SMARTS) is 3. The van der Waals surface area contributed by atoms with Crippen molar-refractivity contribution in [3.8, 4) is 5.75 Å². The number of likely N-dealkylation sites (tertiary alicyclic amines) is 1. The lowest BCUT2D eigenvalue weighted by Gasteiger charge is -2.30. The fraction of sp³-hybridized carbons (Fsp3) is 0.538. The number of alkyl halides is 3. The number of aromatic hydroxyl groups is 1. The molecule has 0 aliphatic carbocycles. The van der Waals surface area contributed by atoms with Crippen LogP contribution in [0.2, 0.25) is 0 Å². The van der Waals surface area contributed by atoms with Crippen molar-refractivity contribution in [2.75, 3.05) is 71.0 Å². The number of guanidine groups is 1. The Bertz CT molecular complexity index is 5070. The van der Waals surface area contributed by atoms with Gasteiger partial charge in [0.15, 0.2) is 5.96 Å². The summed E-state index contributed by atoms with van der Waals surface area (Å²) in [5.74, 6) is -20.4. The fourth-order valence-electron chi connectivity index (χ4n) is 14.9. The monoisotopic (exact) mass is 2050 g/mol. The number of phenolic OH excluding ortho intramolecular Hbond substituents is 1. The first-order chi connectivity index (χ1) is 68.4. The average Bonchev–Trinajstić information content (AvgIpc) is 1.65. The molecule has 53 heteroatoms. The standard InChI is InChI=1S/C89H133N25O22S.C2HF3O2/c1-50(2)74(86(133)100-46-71(118)102-59(21-9-12-33-90)77(124)107-64(88(135)136)23-11-14-35-92)113-85(132)70-25-16-37-114(70)87(134)63(22-10-13-34-91)103-72(119)45-99-76(123)67(41-53-43-98-58-20-8-7-19-56(53)58)110-78(125)60(24-15-36-97-89(94)95)104-81(128)66(39-51-17-5-4-6-18-51)109-83(130)68(42-54-44-96-49-101-54)111-79(126)61(30-31-73(120)121)105-80(127)62(32-38-137-3)106-84(131)69(48-116)112-82(129)65(108-75(122)57(93)47-115)40-52-26-28-55(117)29-27-52;3-2(4,5)1(6)7/h4-8,17-20,26-29,43-44,49-50,57,59-70,74,98,115-117H,9-16,21-25,30-42,45-48,90-93H2,1-3H3,(H,96,101)(H,99,123)(H,100,133)(H,102,118)(H,103,119)(H,104,128)(H,105,127)(H,106,131)(H,107,124)(H,108,122)(H,109,130)(H,110,125)(H,111,126)(H,112,129)(H,113,132)(H,120,121)(H,135,136)(H4,94,95,97);(H,6,7). The molecule has 15 amide bonds. The van der Waals surface area contributed by atoms with Crippen LogP contribution in [-0.2, 0) is 112 Å². The number of carboxylic acids is 3. The molecule has 2 aromatic heterocycles. The molecule has 14 atom stereocenters. The second kappa shape index (κ2) is 63.0. The lowest BCUT2D eigenvalue weighted by molar-refractivity contribution is -0.192. The number of H-pyrrole nitrogens is 2. The summed E-state index contributed by atoms with van der Waals surface area (Å²) < 4.78 is 31.7. The van der Waals surface area contributed by atoms with Gasteiger partial charge in [-0.15, -0.1) is 0 Å². The number of para-hydroxylation sites is 1. The SMILES string of the molecule is CSCCC(NC(=O)C(CO)NC(=O)C(Cc1ccc(O)cc1)NC(=O)C(N)CO)C(=O)NC(CCC(=O)O)C(=O)NC(Cc1cnc[nH]1)C(=O)NC(Cc1ccccc1)C(=O)NC(CCCNC(=N)N)C(=O)NC(Cc1c[nH]c2ccccc12)C(=O)NCC(=O)NC(CCCCN)C(=O)N1CCCC1C(=O)NC(C(=O)NCC(=O)NC(CCCCN)C(=O)NC(CCCCN)C(=O)O)C(C)C.O=C(O)C(F)(F)F. The van der Waals surface area contributed by atoms with Gasteiger partial charge in [0.25, 0.3) is 0 Å². The third-order valence-electron chi connectivity index (χ3n) is 22.7. The highest BCUT2D eigenvalue weighted by molar-refractivity contribution is 7.98. The van der Waals surface area contributed by atoms with Gasteiger partial charge >= 0.3 is 24.1 Å². The Morgan fingerprint density at radius 3 is 1.47 bits per heavy atom. The van der Waals surface area contributed by atoms with Crippen molar-refractivity contribution in [2.24, 2.45) is 34.6 Å². The van der Waals surface area contributed by atoms with Crippen molar-refractivity contribution in [3.63, 3.8) is 0 Å². The number of aliphatic carboxylic acids is 3. The van der Waals surface area contributed by atoms with E-state index in [1.807, 2.05) is 0 Å². The summed E-state index contributed by atoms with van der Waals surface area (Å²) in [4.78, 5) is 259. The average molecular weight is 2050 g/mol. The van der Waals surface area contributed by atoms with Crippen molar-refractivity contribution in [2.45, 2.75) is 233 Å². The topological polar surface area (TPSA) is 811 Å². The molecule has 0 bridgehead atoms. The number of aliphatic hydroxyl groups is 2. The minimum absolute atomic E-state index is 0.00673. The molecule has 3 heterocycles. The Hall–Kier alpha value is -14.2. The smallest absolute Gasteiger partial charge is 0.490 e. The molecular weight excluding hydrogens is 1920 g/mol. The molecule has 5 aromatic rings. The van der Waals surface area contributed by atoms with Gasteiger partial charge in [0.2, 0.25) is 88.6 Å². The van der Waals surface area contributed by atoms with Crippen molar-refractivity contribution in [1.29, 1.82) is 5.41 Å². The number of amides is 15. The number of nitrogens with one attached hydrogen (secondary N) is 18. The number of thioether (sulfide) groups is 1. The van der Waals surface area contributed by atoms with Crippen molar-refractivity contribution in [1.82, 2.24) is 99.6 Å². The fourth-order valence-corrected chi connectivity index (χ4v) is 15.3. The zero-order chi connectivity index (χ0) is 107. The van der Waals surface area contributed by atoms with E-state index in [0.29, 0.717) is 79.1 Å². The quantitative estimate of drug-likeness (QED) is 0.00983. The summed E-state index contributed by atoms with van der Waals surface area (Å²) in [6.45, 7) is 0.734. The second-order valence-electron chi connectivity index (χ2n) is 34.2. The van der Waals surface area contributed by atoms with Gasteiger partial charge in [-0.1, -0.05) is 74.5 Å². The number of phenols is 1. The van der Waals surface area contributed by atoms with Gasteiger partial charge in [-0.3, -0.25) is 82.1 Å². The van der Waals surface area contributed by atoms with Crippen LogP contribution >= 0.6 is 11.8 Å². The summed E-state index contributed by atoms with van der Waals surface area (Å²) in [5.41, 5.74) is 30.7. The Balaban J connectivity index is 0.00000501. The first-order valence-electron chi connectivity index (χ1n) is 46.7. The Labute approximate surface area is 830 Å². The Kier molecular flexibility index (Phi) is 52.6. The molecule has 1 saturated heterocycles. The van der Waals surface area contributed by atoms with Crippen LogP contribution in [0.5, 0.6) is 5.75 Å². The van der Waals surface area contributed by atoms with E-state index in [4.69, 9.17) is 44.0 Å². The first kappa shape index (κ1) is 120. The number of benzene rings is 3. The number of aromatic nitrogens is 3. The van der Waals surface area contributed by atoms with Gasteiger partial charge in [0.05, 0.1) is 32.6 Å². The third-order valence-corrected chi connectivity index (χ3v) is 23.3. The minimum Gasteiger partial charge on any atom is -0.508 e. The zero-order valence-electron chi connectivity index (χ0n) is 80.0. The van der Waals surface area contributed by atoms with E-state index in [-0.39, 0.29) is 108 Å². The van der Waals surface area contributed by atoms with E-state index < -0.39 is 255 Å². The molecule has 1 aliphatic heterocycles. The third kappa shape index (κ3) is 42.6. The van der Waals surface area contributed by atoms with Crippen LogP contribution in [0.3, 0.4) is 0 Å². The summed E-state index contributed by atoms with van der Waals surface area (Å²) in [6, 6.07) is -0.132. The molecule has 3 aromatic carbocycles. The lowest BCUT2D eigenvalue weighted by Crippen LogP contribution is -2.61. The number of carbonyl (C=O) groups excluding carboxylic acids is 15. The number of imidazole rings is 1. The largest absolute Gasteiger partial charge is 0.508 e. The van der Waals surface area contributed by atoms with E-state index in [1.165, 1.54) is 53.5 Å². The highest BCUT2D eigenvalue weighted by Gasteiger charge is 2.43.